The Hall–Kier alpha value is -1.64. The predicted octanol–water partition coefficient (Wildman–Crippen LogP) is 4.41. The molecule has 1 N–H and O–H groups in total. The van der Waals surface area contributed by atoms with E-state index in [1.807, 2.05) is 0 Å². The molecule has 0 aromatic heterocycles. The molecule has 25 heavy (non-hydrogen) atoms. The van der Waals surface area contributed by atoms with Crippen LogP contribution < -0.4 is 5.32 Å². The lowest BCUT2D eigenvalue weighted by Crippen LogP contribution is -2.64. The van der Waals surface area contributed by atoms with E-state index < -0.39 is 0 Å². The van der Waals surface area contributed by atoms with Gasteiger partial charge in [-0.05, 0) is 30.4 Å². The van der Waals surface area contributed by atoms with E-state index in [0.717, 1.165) is 19.5 Å². The van der Waals surface area contributed by atoms with Gasteiger partial charge in [-0.15, -0.1) is 0 Å². The lowest BCUT2D eigenvalue weighted by molar-refractivity contribution is 0.0500. The third kappa shape index (κ3) is 4.13. The van der Waals surface area contributed by atoms with Gasteiger partial charge in [-0.3, -0.25) is 4.90 Å². The molecule has 1 saturated heterocycles. The SMILES string of the molecule is c1ccc(CC2CNC3(CCCCC3)CN2Cc2ccccc2)cc1. The number of benzene rings is 2. The van der Waals surface area contributed by atoms with Gasteiger partial charge in [-0.2, -0.15) is 0 Å². The van der Waals surface area contributed by atoms with Crippen molar-refractivity contribution in [2.75, 3.05) is 13.1 Å². The van der Waals surface area contributed by atoms with Crippen LogP contribution in [0.25, 0.3) is 0 Å². The maximum atomic E-state index is 3.98. The van der Waals surface area contributed by atoms with Gasteiger partial charge in [-0.25, -0.2) is 0 Å². The number of rotatable bonds is 4. The standard InChI is InChI=1S/C23H30N2/c1-4-10-20(11-5-1)16-22-17-24-23(14-8-3-9-15-23)19-25(22)18-21-12-6-2-7-13-21/h1-2,4-7,10-13,22,24H,3,8-9,14-19H2. The van der Waals surface area contributed by atoms with Gasteiger partial charge in [-0.1, -0.05) is 79.9 Å². The Morgan fingerprint density at radius 3 is 2.16 bits per heavy atom. The zero-order valence-corrected chi connectivity index (χ0v) is 15.2. The topological polar surface area (TPSA) is 15.3 Å². The third-order valence-electron chi connectivity index (χ3n) is 6.09. The molecule has 1 spiro atoms. The summed E-state index contributed by atoms with van der Waals surface area (Å²) in [6.45, 7) is 3.38. The monoisotopic (exact) mass is 334 g/mol. The van der Waals surface area contributed by atoms with E-state index in [4.69, 9.17) is 0 Å². The first kappa shape index (κ1) is 16.8. The smallest absolute Gasteiger partial charge is 0.0309 e. The predicted molar refractivity (Wildman–Crippen MR) is 105 cm³/mol. The molecule has 132 valence electrons. The van der Waals surface area contributed by atoms with Gasteiger partial charge in [0.25, 0.3) is 0 Å². The highest BCUT2D eigenvalue weighted by molar-refractivity contribution is 5.19. The zero-order valence-electron chi connectivity index (χ0n) is 15.2. The maximum absolute atomic E-state index is 3.98. The van der Waals surface area contributed by atoms with Crippen LogP contribution in [0.15, 0.2) is 60.7 Å². The number of hydrogen-bond acceptors (Lipinski definition) is 2. The summed E-state index contributed by atoms with van der Waals surface area (Å²) < 4.78 is 0. The fourth-order valence-corrected chi connectivity index (χ4v) is 4.69. The van der Waals surface area contributed by atoms with Crippen molar-refractivity contribution in [1.29, 1.82) is 0 Å². The molecule has 4 rings (SSSR count). The van der Waals surface area contributed by atoms with E-state index in [1.165, 1.54) is 49.8 Å². The average molecular weight is 335 g/mol. The summed E-state index contributed by atoms with van der Waals surface area (Å²) in [6.07, 6.45) is 8.00. The van der Waals surface area contributed by atoms with Crippen molar-refractivity contribution in [3.05, 3.63) is 71.8 Å². The minimum absolute atomic E-state index is 0.361. The van der Waals surface area contributed by atoms with E-state index in [0.29, 0.717) is 11.6 Å². The molecule has 1 saturated carbocycles. The first-order valence-electron chi connectivity index (χ1n) is 9.90. The van der Waals surface area contributed by atoms with Gasteiger partial charge in [0.15, 0.2) is 0 Å². The van der Waals surface area contributed by atoms with Gasteiger partial charge in [0, 0.05) is 31.2 Å². The van der Waals surface area contributed by atoms with Crippen molar-refractivity contribution < 1.29 is 0 Å². The van der Waals surface area contributed by atoms with Crippen LogP contribution >= 0.6 is 0 Å². The second-order valence-electron chi connectivity index (χ2n) is 7.96. The van der Waals surface area contributed by atoms with Crippen molar-refractivity contribution in [2.45, 2.75) is 56.7 Å². The van der Waals surface area contributed by atoms with E-state index in [1.54, 1.807) is 0 Å². The molecular formula is C23H30N2. The second kappa shape index (κ2) is 7.72. The first-order valence-corrected chi connectivity index (χ1v) is 9.90. The molecule has 2 fully saturated rings. The summed E-state index contributed by atoms with van der Waals surface area (Å²) in [6, 6.07) is 22.6. The molecule has 0 radical (unpaired) electrons. The van der Waals surface area contributed by atoms with E-state index in [9.17, 15) is 0 Å². The summed E-state index contributed by atoms with van der Waals surface area (Å²) in [5, 5.41) is 3.98. The highest BCUT2D eigenvalue weighted by atomic mass is 15.3. The van der Waals surface area contributed by atoms with Gasteiger partial charge in [0.2, 0.25) is 0 Å². The summed E-state index contributed by atoms with van der Waals surface area (Å²) in [5.41, 5.74) is 3.25. The Balaban J connectivity index is 1.52. The second-order valence-corrected chi connectivity index (χ2v) is 7.96. The summed E-state index contributed by atoms with van der Waals surface area (Å²) in [7, 11) is 0. The number of hydrogen-bond donors (Lipinski definition) is 1. The summed E-state index contributed by atoms with van der Waals surface area (Å²) in [5.74, 6) is 0. The first-order chi connectivity index (χ1) is 12.3. The fourth-order valence-electron chi connectivity index (χ4n) is 4.69. The highest BCUT2D eigenvalue weighted by Gasteiger charge is 2.39. The molecular weight excluding hydrogens is 304 g/mol. The van der Waals surface area contributed by atoms with Crippen LogP contribution in [0.3, 0.4) is 0 Å². The highest BCUT2D eigenvalue weighted by Crippen LogP contribution is 2.33. The largest absolute Gasteiger partial charge is 0.308 e. The van der Waals surface area contributed by atoms with Crippen molar-refractivity contribution >= 4 is 0 Å². The van der Waals surface area contributed by atoms with Crippen molar-refractivity contribution in [2.24, 2.45) is 0 Å². The molecule has 1 heterocycles. The van der Waals surface area contributed by atoms with Gasteiger partial charge >= 0.3 is 0 Å². The Bertz CT molecular complexity index is 646. The minimum atomic E-state index is 0.361. The van der Waals surface area contributed by atoms with Crippen LogP contribution in [0.5, 0.6) is 0 Å². The van der Waals surface area contributed by atoms with Crippen LogP contribution in [-0.2, 0) is 13.0 Å². The van der Waals surface area contributed by atoms with E-state index >= 15 is 0 Å². The quantitative estimate of drug-likeness (QED) is 0.891. The normalized spacial score (nSPS) is 23.6. The molecule has 2 heteroatoms. The van der Waals surface area contributed by atoms with Crippen LogP contribution in [0.2, 0.25) is 0 Å². The molecule has 0 amide bonds. The molecule has 0 bridgehead atoms. The van der Waals surface area contributed by atoms with Crippen LogP contribution in [0, 0.1) is 0 Å². The van der Waals surface area contributed by atoms with Gasteiger partial charge < -0.3 is 5.32 Å². The van der Waals surface area contributed by atoms with Crippen molar-refractivity contribution in [3.8, 4) is 0 Å². The Morgan fingerprint density at radius 2 is 1.48 bits per heavy atom. The summed E-state index contributed by atoms with van der Waals surface area (Å²) in [4.78, 5) is 2.75. The lowest BCUT2D eigenvalue weighted by atomic mass is 9.79. The molecule has 2 nitrogen and oxygen atoms in total. The summed E-state index contributed by atoms with van der Waals surface area (Å²) >= 11 is 0. The molecule has 1 aliphatic heterocycles. The molecule has 1 atom stereocenters. The Morgan fingerprint density at radius 1 is 0.840 bits per heavy atom. The minimum Gasteiger partial charge on any atom is -0.308 e. The fraction of sp³-hybridized carbons (Fsp3) is 0.478. The van der Waals surface area contributed by atoms with Crippen LogP contribution in [0.1, 0.15) is 43.2 Å². The van der Waals surface area contributed by atoms with Crippen LogP contribution in [0.4, 0.5) is 0 Å². The number of nitrogens with one attached hydrogen (secondary N) is 1. The van der Waals surface area contributed by atoms with Crippen molar-refractivity contribution in [3.63, 3.8) is 0 Å². The Labute approximate surface area is 152 Å². The van der Waals surface area contributed by atoms with Crippen molar-refractivity contribution in [1.82, 2.24) is 10.2 Å². The molecule has 2 aromatic carbocycles. The molecule has 1 aliphatic carbocycles. The van der Waals surface area contributed by atoms with Gasteiger partial charge in [0.05, 0.1) is 0 Å². The van der Waals surface area contributed by atoms with E-state index in [2.05, 4.69) is 70.9 Å². The number of nitrogens with zero attached hydrogens (tertiary/aromatic N) is 1. The molecule has 1 unspecified atom stereocenters. The maximum Gasteiger partial charge on any atom is 0.0309 e. The average Bonchev–Trinajstić information content (AvgIpc) is 2.67. The zero-order chi connectivity index (χ0) is 17.0. The third-order valence-corrected chi connectivity index (χ3v) is 6.09. The molecule has 2 aliphatic rings. The van der Waals surface area contributed by atoms with Gasteiger partial charge in [0.1, 0.15) is 0 Å². The Kier molecular flexibility index (Phi) is 5.19. The van der Waals surface area contributed by atoms with E-state index in [-0.39, 0.29) is 0 Å². The number of piperazine rings is 1. The van der Waals surface area contributed by atoms with Crippen LogP contribution in [-0.4, -0.2) is 29.6 Å². The molecule has 2 aromatic rings. The lowest BCUT2D eigenvalue weighted by Gasteiger charge is -2.50.